The van der Waals surface area contributed by atoms with Gasteiger partial charge in [-0.05, 0) is 29.5 Å². The van der Waals surface area contributed by atoms with Gasteiger partial charge in [0.05, 0.1) is 0 Å². The lowest BCUT2D eigenvalue weighted by Gasteiger charge is -2.00. The van der Waals surface area contributed by atoms with Crippen molar-refractivity contribution < 1.29 is 14.3 Å². The van der Waals surface area contributed by atoms with Crippen LogP contribution in [0, 0.1) is 0 Å². The zero-order valence-corrected chi connectivity index (χ0v) is 12.1. The van der Waals surface area contributed by atoms with Gasteiger partial charge in [0, 0.05) is 11.4 Å². The van der Waals surface area contributed by atoms with Gasteiger partial charge in [-0.3, -0.25) is 0 Å². The van der Waals surface area contributed by atoms with Crippen LogP contribution in [0.25, 0.3) is 6.08 Å². The Morgan fingerprint density at radius 1 is 1.45 bits per heavy atom. The van der Waals surface area contributed by atoms with Crippen LogP contribution in [0.4, 0.5) is 0 Å². The molecule has 0 aliphatic carbocycles. The van der Waals surface area contributed by atoms with Crippen LogP contribution in [0.1, 0.15) is 18.4 Å². The molecule has 0 saturated carbocycles. The number of aliphatic carboxylic acids is 1. The fraction of sp³-hybridized carbons (Fsp3) is 0.154. The monoisotopic (exact) mass is 310 g/mol. The van der Waals surface area contributed by atoms with Gasteiger partial charge in [-0.15, -0.1) is 10.2 Å². The van der Waals surface area contributed by atoms with E-state index in [-0.39, 0.29) is 10.1 Å². The van der Waals surface area contributed by atoms with Crippen molar-refractivity contribution >= 4 is 35.4 Å². The number of nitrogens with zero attached hydrogens (tertiary/aromatic N) is 2. The maximum Gasteiger partial charge on any atom is 0.342 e. The van der Waals surface area contributed by atoms with Gasteiger partial charge < -0.3 is 9.52 Å². The van der Waals surface area contributed by atoms with E-state index in [2.05, 4.69) is 10.2 Å². The Kier molecular flexibility index (Phi) is 4.81. The van der Waals surface area contributed by atoms with Gasteiger partial charge >= 0.3 is 5.97 Å². The molecule has 0 bridgehead atoms. The summed E-state index contributed by atoms with van der Waals surface area (Å²) < 4.78 is 5.28. The standard InChI is InChI=1S/C13H11ClN2O3S/c1-2-11-15-16-13(19-11)20-10(12(17)18)7-8-5-3-4-6-9(8)14/h3-7H,2H2,1H3,(H,17,18)/b10-7-. The first-order chi connectivity index (χ1) is 9.60. The molecule has 1 N–H and O–H groups in total. The second kappa shape index (κ2) is 6.58. The fourth-order valence-corrected chi connectivity index (χ4v) is 2.26. The molecule has 2 aromatic rings. The van der Waals surface area contributed by atoms with E-state index in [9.17, 15) is 9.90 Å². The van der Waals surface area contributed by atoms with Crippen LogP contribution < -0.4 is 0 Å². The molecule has 0 atom stereocenters. The fourth-order valence-electron chi connectivity index (χ4n) is 1.38. The van der Waals surface area contributed by atoms with Crippen molar-refractivity contribution in [3.63, 3.8) is 0 Å². The average molecular weight is 311 g/mol. The van der Waals surface area contributed by atoms with Crippen molar-refractivity contribution in [1.82, 2.24) is 10.2 Å². The zero-order chi connectivity index (χ0) is 14.5. The third kappa shape index (κ3) is 3.61. The van der Waals surface area contributed by atoms with E-state index in [4.69, 9.17) is 16.0 Å². The van der Waals surface area contributed by atoms with Gasteiger partial charge in [-0.25, -0.2) is 4.79 Å². The van der Waals surface area contributed by atoms with Crippen molar-refractivity contribution in [2.75, 3.05) is 0 Å². The summed E-state index contributed by atoms with van der Waals surface area (Å²) >= 11 is 6.90. The number of carbonyl (C=O) groups is 1. The summed E-state index contributed by atoms with van der Waals surface area (Å²) in [7, 11) is 0. The minimum absolute atomic E-state index is 0.0596. The van der Waals surface area contributed by atoms with Crippen LogP contribution in [0.15, 0.2) is 38.8 Å². The molecular formula is C13H11ClN2O3S. The van der Waals surface area contributed by atoms with Gasteiger partial charge in [-0.1, -0.05) is 36.7 Å². The summed E-state index contributed by atoms with van der Waals surface area (Å²) in [5.41, 5.74) is 0.620. The molecule has 1 heterocycles. The van der Waals surface area contributed by atoms with Gasteiger partial charge in [0.1, 0.15) is 4.91 Å². The summed E-state index contributed by atoms with van der Waals surface area (Å²) in [6.07, 6.45) is 2.08. The lowest BCUT2D eigenvalue weighted by atomic mass is 10.2. The number of halogens is 1. The molecular weight excluding hydrogens is 300 g/mol. The molecule has 0 saturated heterocycles. The van der Waals surface area contributed by atoms with Crippen molar-refractivity contribution in [3.8, 4) is 0 Å². The van der Waals surface area contributed by atoms with Crippen LogP contribution in [-0.4, -0.2) is 21.3 Å². The Hall–Kier alpha value is -1.79. The number of rotatable bonds is 5. The van der Waals surface area contributed by atoms with Crippen LogP contribution >= 0.6 is 23.4 Å². The molecule has 20 heavy (non-hydrogen) atoms. The number of benzene rings is 1. The minimum Gasteiger partial charge on any atom is -0.477 e. The molecule has 1 aromatic heterocycles. The maximum absolute atomic E-state index is 11.3. The SMILES string of the molecule is CCc1nnc(S/C(=C\c2ccccc2Cl)C(=O)O)o1. The molecule has 0 unspecified atom stereocenters. The molecule has 0 fully saturated rings. The van der Waals surface area contributed by atoms with Crippen LogP contribution in [0.2, 0.25) is 5.02 Å². The number of thioether (sulfide) groups is 1. The number of aryl methyl sites for hydroxylation is 1. The van der Waals surface area contributed by atoms with Crippen molar-refractivity contribution in [3.05, 3.63) is 45.6 Å². The quantitative estimate of drug-likeness (QED) is 0.673. The smallest absolute Gasteiger partial charge is 0.342 e. The van der Waals surface area contributed by atoms with E-state index in [1.54, 1.807) is 24.3 Å². The highest BCUT2D eigenvalue weighted by Crippen LogP contribution is 2.29. The highest BCUT2D eigenvalue weighted by molar-refractivity contribution is 8.03. The molecule has 5 nitrogen and oxygen atoms in total. The number of aromatic nitrogens is 2. The zero-order valence-electron chi connectivity index (χ0n) is 10.5. The Labute approximate surface area is 124 Å². The third-order valence-electron chi connectivity index (χ3n) is 2.35. The molecule has 0 aliphatic rings. The van der Waals surface area contributed by atoms with Gasteiger partial charge in [0.25, 0.3) is 5.22 Å². The Balaban J connectivity index is 2.27. The van der Waals surface area contributed by atoms with Gasteiger partial charge in [0.2, 0.25) is 5.89 Å². The molecule has 0 amide bonds. The predicted octanol–water partition coefficient (Wildman–Crippen LogP) is 3.50. The van der Waals surface area contributed by atoms with Crippen molar-refractivity contribution in [2.24, 2.45) is 0 Å². The molecule has 0 spiro atoms. The van der Waals surface area contributed by atoms with Crippen molar-refractivity contribution in [2.45, 2.75) is 18.6 Å². The van der Waals surface area contributed by atoms with Gasteiger partial charge in [0.15, 0.2) is 0 Å². The van der Waals surface area contributed by atoms with E-state index < -0.39 is 5.97 Å². The Morgan fingerprint density at radius 3 is 2.80 bits per heavy atom. The minimum atomic E-state index is -1.08. The highest BCUT2D eigenvalue weighted by Gasteiger charge is 2.15. The summed E-state index contributed by atoms with van der Waals surface area (Å²) in [6, 6.07) is 6.99. The van der Waals surface area contributed by atoms with E-state index in [1.807, 2.05) is 6.92 Å². The lowest BCUT2D eigenvalue weighted by Crippen LogP contribution is -1.97. The second-order valence-electron chi connectivity index (χ2n) is 3.75. The number of hydrogen-bond acceptors (Lipinski definition) is 5. The molecule has 2 rings (SSSR count). The largest absolute Gasteiger partial charge is 0.477 e. The van der Waals surface area contributed by atoms with E-state index >= 15 is 0 Å². The Bertz CT molecular complexity index is 655. The van der Waals surface area contributed by atoms with Crippen LogP contribution in [-0.2, 0) is 11.2 Å². The molecule has 104 valence electrons. The van der Waals surface area contributed by atoms with E-state index in [1.165, 1.54) is 6.08 Å². The summed E-state index contributed by atoms with van der Waals surface area (Å²) in [6.45, 7) is 1.87. The first kappa shape index (κ1) is 14.6. The normalized spacial score (nSPS) is 11.6. The highest BCUT2D eigenvalue weighted by atomic mass is 35.5. The van der Waals surface area contributed by atoms with Crippen LogP contribution in [0.3, 0.4) is 0 Å². The third-order valence-corrected chi connectivity index (χ3v) is 3.55. The predicted molar refractivity (Wildman–Crippen MR) is 76.6 cm³/mol. The maximum atomic E-state index is 11.3. The molecule has 0 radical (unpaired) electrons. The van der Waals surface area contributed by atoms with E-state index in [0.717, 1.165) is 11.8 Å². The first-order valence-corrected chi connectivity index (χ1v) is 6.99. The van der Waals surface area contributed by atoms with Crippen molar-refractivity contribution in [1.29, 1.82) is 0 Å². The number of carboxylic acids is 1. The number of hydrogen-bond donors (Lipinski definition) is 1. The Morgan fingerprint density at radius 2 is 2.20 bits per heavy atom. The van der Waals surface area contributed by atoms with Gasteiger partial charge in [-0.2, -0.15) is 0 Å². The molecule has 7 heteroatoms. The average Bonchev–Trinajstić information content (AvgIpc) is 2.88. The summed E-state index contributed by atoms with van der Waals surface area (Å²) in [5, 5.41) is 17.5. The molecule has 0 aliphatic heterocycles. The summed E-state index contributed by atoms with van der Waals surface area (Å²) in [4.78, 5) is 11.3. The second-order valence-corrected chi connectivity index (χ2v) is 5.15. The topological polar surface area (TPSA) is 76.2 Å². The van der Waals surface area contributed by atoms with E-state index in [0.29, 0.717) is 22.9 Å². The summed E-state index contributed by atoms with van der Waals surface area (Å²) in [5.74, 6) is -0.610. The lowest BCUT2D eigenvalue weighted by molar-refractivity contribution is -0.131. The number of carboxylic acid groups (broad SMARTS) is 1. The molecule has 1 aromatic carbocycles. The first-order valence-electron chi connectivity index (χ1n) is 5.80. The van der Waals surface area contributed by atoms with Crippen LogP contribution in [0.5, 0.6) is 0 Å².